The van der Waals surface area contributed by atoms with Crippen molar-refractivity contribution in [1.29, 1.82) is 0 Å². The number of ether oxygens (including phenoxy) is 1. The average molecular weight is 491 g/mol. The highest BCUT2D eigenvalue weighted by Gasteiger charge is 2.23. The molecular formula is C29H22N4O2S. The van der Waals surface area contributed by atoms with Crippen molar-refractivity contribution >= 4 is 28.4 Å². The van der Waals surface area contributed by atoms with Crippen molar-refractivity contribution < 1.29 is 4.74 Å². The molecule has 0 unspecified atom stereocenters. The second-order valence-electron chi connectivity index (χ2n) is 8.30. The highest BCUT2D eigenvalue weighted by atomic mass is 32.2. The number of hydrogen-bond donors (Lipinski definition) is 0. The molecule has 176 valence electrons. The molecule has 4 aromatic carbocycles. The number of nitrogens with zero attached hydrogens (tertiary/aromatic N) is 4. The minimum Gasteiger partial charge on any atom is -0.497 e. The van der Waals surface area contributed by atoms with E-state index >= 15 is 0 Å². The Hall–Kier alpha value is -4.36. The SMILES string of the molecule is COc1cccc(-n2c(=O)c3ccccc3n3c(SC(c4ccccc4)c4ccccc4)nnc23)c1. The van der Waals surface area contributed by atoms with E-state index in [-0.39, 0.29) is 10.8 Å². The summed E-state index contributed by atoms with van der Waals surface area (Å²) in [6, 6.07) is 35.7. The molecule has 0 saturated carbocycles. The van der Waals surface area contributed by atoms with Crippen LogP contribution in [0.25, 0.3) is 22.4 Å². The summed E-state index contributed by atoms with van der Waals surface area (Å²) in [4.78, 5) is 13.7. The van der Waals surface area contributed by atoms with Gasteiger partial charge in [-0.2, -0.15) is 0 Å². The second-order valence-corrected chi connectivity index (χ2v) is 9.37. The highest BCUT2D eigenvalue weighted by Crippen LogP contribution is 2.40. The fourth-order valence-electron chi connectivity index (χ4n) is 4.43. The summed E-state index contributed by atoms with van der Waals surface area (Å²) < 4.78 is 8.98. The molecule has 0 aliphatic carbocycles. The Morgan fingerprint density at radius 2 is 1.44 bits per heavy atom. The third-order valence-electron chi connectivity index (χ3n) is 6.13. The van der Waals surface area contributed by atoms with Crippen molar-refractivity contribution in [3.05, 3.63) is 131 Å². The topological polar surface area (TPSA) is 61.4 Å². The maximum atomic E-state index is 13.7. The van der Waals surface area contributed by atoms with Crippen LogP contribution in [-0.4, -0.2) is 26.3 Å². The number of hydrogen-bond acceptors (Lipinski definition) is 5. The van der Waals surface area contributed by atoms with E-state index in [9.17, 15) is 4.79 Å². The van der Waals surface area contributed by atoms with E-state index in [0.717, 1.165) is 16.6 Å². The number of para-hydroxylation sites is 1. The lowest BCUT2D eigenvalue weighted by Gasteiger charge is -2.17. The zero-order valence-electron chi connectivity index (χ0n) is 19.5. The minimum atomic E-state index is -0.155. The minimum absolute atomic E-state index is 0.00393. The Morgan fingerprint density at radius 1 is 0.778 bits per heavy atom. The van der Waals surface area contributed by atoms with Crippen LogP contribution in [0.1, 0.15) is 16.4 Å². The van der Waals surface area contributed by atoms with Crippen molar-refractivity contribution in [1.82, 2.24) is 19.2 Å². The fraction of sp³-hybridized carbons (Fsp3) is 0.0690. The number of aromatic nitrogens is 4. The summed E-state index contributed by atoms with van der Waals surface area (Å²) in [6.07, 6.45) is 0. The van der Waals surface area contributed by atoms with E-state index < -0.39 is 0 Å². The van der Waals surface area contributed by atoms with Gasteiger partial charge in [0.1, 0.15) is 5.75 Å². The lowest BCUT2D eigenvalue weighted by molar-refractivity contribution is 0.414. The van der Waals surface area contributed by atoms with Crippen LogP contribution < -0.4 is 10.3 Å². The molecule has 36 heavy (non-hydrogen) atoms. The highest BCUT2D eigenvalue weighted by molar-refractivity contribution is 7.99. The van der Waals surface area contributed by atoms with Gasteiger partial charge >= 0.3 is 0 Å². The van der Waals surface area contributed by atoms with Gasteiger partial charge in [-0.3, -0.25) is 9.20 Å². The quantitative estimate of drug-likeness (QED) is 0.271. The molecule has 0 fully saturated rings. The zero-order valence-corrected chi connectivity index (χ0v) is 20.3. The predicted octanol–water partition coefficient (Wildman–Crippen LogP) is 5.92. The van der Waals surface area contributed by atoms with Crippen molar-refractivity contribution in [2.24, 2.45) is 0 Å². The molecule has 0 saturated heterocycles. The molecule has 0 radical (unpaired) electrons. The summed E-state index contributed by atoms with van der Waals surface area (Å²) in [5, 5.41) is 10.4. The van der Waals surface area contributed by atoms with Gasteiger partial charge in [-0.25, -0.2) is 4.57 Å². The molecule has 0 aliphatic rings. The van der Waals surface area contributed by atoms with Gasteiger partial charge in [-0.1, -0.05) is 90.6 Å². The fourth-order valence-corrected chi connectivity index (χ4v) is 5.60. The maximum Gasteiger partial charge on any atom is 0.267 e. The molecule has 0 spiro atoms. The first-order chi connectivity index (χ1) is 17.7. The second kappa shape index (κ2) is 9.36. The summed E-state index contributed by atoms with van der Waals surface area (Å²) in [5.41, 5.74) is 3.61. The molecule has 0 N–H and O–H groups in total. The molecule has 0 aliphatic heterocycles. The molecule has 6 aromatic rings. The number of methoxy groups -OCH3 is 1. The van der Waals surface area contributed by atoms with Gasteiger partial charge < -0.3 is 4.74 Å². The van der Waals surface area contributed by atoms with E-state index in [2.05, 4.69) is 34.5 Å². The van der Waals surface area contributed by atoms with Crippen LogP contribution >= 0.6 is 11.8 Å². The number of thioether (sulfide) groups is 1. The number of rotatable bonds is 6. The number of benzene rings is 4. The molecule has 2 heterocycles. The summed E-state index contributed by atoms with van der Waals surface area (Å²) in [6.45, 7) is 0. The monoisotopic (exact) mass is 490 g/mol. The van der Waals surface area contributed by atoms with Crippen molar-refractivity contribution in [3.63, 3.8) is 0 Å². The van der Waals surface area contributed by atoms with Crippen molar-refractivity contribution in [3.8, 4) is 11.4 Å². The smallest absolute Gasteiger partial charge is 0.267 e. The van der Waals surface area contributed by atoms with Gasteiger partial charge in [0.25, 0.3) is 5.56 Å². The molecule has 6 rings (SSSR count). The number of fused-ring (bicyclic) bond motifs is 3. The molecule has 2 aromatic heterocycles. The van der Waals surface area contributed by atoms with E-state index in [1.54, 1.807) is 23.4 Å². The van der Waals surface area contributed by atoms with Crippen molar-refractivity contribution in [2.75, 3.05) is 7.11 Å². The lowest BCUT2D eigenvalue weighted by atomic mass is 10.0. The average Bonchev–Trinajstić information content (AvgIpc) is 3.36. The Bertz CT molecular complexity index is 1690. The Morgan fingerprint density at radius 3 is 2.14 bits per heavy atom. The van der Waals surface area contributed by atoms with Crippen molar-refractivity contribution in [2.45, 2.75) is 10.4 Å². The summed E-state index contributed by atoms with van der Waals surface area (Å²) in [7, 11) is 1.61. The Kier molecular flexibility index (Phi) is 5.75. The van der Waals surface area contributed by atoms with Crippen LogP contribution in [0.4, 0.5) is 0 Å². The van der Waals surface area contributed by atoms with Crippen LogP contribution in [0.2, 0.25) is 0 Å². The van der Waals surface area contributed by atoms with Crippen LogP contribution in [-0.2, 0) is 0 Å². The standard InChI is InChI=1S/C29H22N4O2S/c1-35-23-16-10-15-22(19-23)32-27(34)24-17-8-9-18-25(24)33-28(32)30-31-29(33)36-26(20-11-4-2-5-12-20)21-13-6-3-7-14-21/h2-19,26H,1H3. The van der Waals surface area contributed by atoms with Crippen LogP contribution in [0, 0.1) is 0 Å². The first-order valence-corrected chi connectivity index (χ1v) is 12.4. The lowest BCUT2D eigenvalue weighted by Crippen LogP contribution is -2.21. The molecule has 0 atom stereocenters. The first kappa shape index (κ1) is 22.1. The molecule has 0 amide bonds. The van der Waals surface area contributed by atoms with Gasteiger partial charge in [0.2, 0.25) is 5.78 Å². The molecular weight excluding hydrogens is 468 g/mol. The molecule has 7 heteroatoms. The zero-order chi connectivity index (χ0) is 24.5. The van der Waals surface area contributed by atoms with Crippen LogP contribution in [0.5, 0.6) is 5.75 Å². The largest absolute Gasteiger partial charge is 0.497 e. The van der Waals surface area contributed by atoms with E-state index in [4.69, 9.17) is 4.74 Å². The van der Waals surface area contributed by atoms with Gasteiger partial charge in [0.05, 0.1) is 29.0 Å². The Labute approximate surface area is 211 Å². The van der Waals surface area contributed by atoms with Crippen LogP contribution in [0.3, 0.4) is 0 Å². The van der Waals surface area contributed by atoms with E-state index in [1.807, 2.05) is 89.3 Å². The third-order valence-corrected chi connectivity index (χ3v) is 7.39. The van der Waals surface area contributed by atoms with Gasteiger partial charge in [0, 0.05) is 6.07 Å². The third kappa shape index (κ3) is 3.83. The van der Waals surface area contributed by atoms with E-state index in [1.165, 1.54) is 0 Å². The normalized spacial score (nSPS) is 11.4. The maximum absolute atomic E-state index is 13.7. The summed E-state index contributed by atoms with van der Waals surface area (Å²) >= 11 is 1.61. The van der Waals surface area contributed by atoms with Gasteiger partial charge in [-0.05, 0) is 35.4 Å². The van der Waals surface area contributed by atoms with Gasteiger partial charge in [-0.15, -0.1) is 10.2 Å². The molecule has 0 bridgehead atoms. The van der Waals surface area contributed by atoms with Crippen LogP contribution in [0.15, 0.2) is 119 Å². The van der Waals surface area contributed by atoms with Gasteiger partial charge in [0.15, 0.2) is 5.16 Å². The first-order valence-electron chi connectivity index (χ1n) is 11.5. The Balaban J connectivity index is 1.60. The summed E-state index contributed by atoms with van der Waals surface area (Å²) in [5.74, 6) is 1.11. The predicted molar refractivity (Wildman–Crippen MR) is 143 cm³/mol. The van der Waals surface area contributed by atoms with E-state index in [0.29, 0.717) is 27.8 Å². The molecule has 6 nitrogen and oxygen atoms in total.